The Hall–Kier alpha value is -3.69. The van der Waals surface area contributed by atoms with Crippen molar-refractivity contribution in [2.75, 3.05) is 44.6 Å². The van der Waals surface area contributed by atoms with Crippen molar-refractivity contribution < 1.29 is 23.7 Å². The SMILES string of the molecule is N#Cc1cc(-c2ccnc(Nc3cccc(C4CCN(C[C@H](O)CO)CC4)c3)n2)ccc1OC1CCNCC1(F)F. The first-order valence-electron chi connectivity index (χ1n) is 13.9. The van der Waals surface area contributed by atoms with E-state index >= 15 is 0 Å². The third kappa shape index (κ3) is 7.15. The van der Waals surface area contributed by atoms with Crippen molar-refractivity contribution in [1.82, 2.24) is 20.2 Å². The average Bonchev–Trinajstić information content (AvgIpc) is 2.99. The summed E-state index contributed by atoms with van der Waals surface area (Å²) in [5.74, 6) is -2.11. The van der Waals surface area contributed by atoms with Crippen molar-refractivity contribution in [2.45, 2.75) is 43.3 Å². The van der Waals surface area contributed by atoms with Crippen LogP contribution in [-0.2, 0) is 0 Å². The molecule has 41 heavy (non-hydrogen) atoms. The first-order chi connectivity index (χ1) is 19.8. The molecule has 2 aliphatic heterocycles. The lowest BCUT2D eigenvalue weighted by atomic mass is 9.89. The first-order valence-corrected chi connectivity index (χ1v) is 13.9. The molecule has 0 aliphatic carbocycles. The van der Waals surface area contributed by atoms with E-state index in [1.165, 1.54) is 5.56 Å². The minimum atomic E-state index is -3.02. The fraction of sp³-hybridized carbons (Fsp3) is 0.433. The number of alkyl halides is 2. The van der Waals surface area contributed by atoms with Crippen LogP contribution in [0.2, 0.25) is 0 Å². The fourth-order valence-corrected chi connectivity index (χ4v) is 5.37. The minimum absolute atomic E-state index is 0.127. The standard InChI is InChI=1S/C30H34F2N6O3/c31-30(32)19-34-10-7-28(30)41-27-5-4-22(14-23(27)16-33)26-6-11-35-29(37-26)36-24-3-1-2-21(15-24)20-8-12-38(13-9-20)17-25(40)18-39/h1-6,11,14-15,20,25,28,34,39-40H,7-10,12-13,17-19H2,(H,35,36,37)/t25-,28?/m0/s1. The van der Waals surface area contributed by atoms with Gasteiger partial charge in [0.15, 0.2) is 6.10 Å². The van der Waals surface area contributed by atoms with Crippen molar-refractivity contribution >= 4 is 11.6 Å². The van der Waals surface area contributed by atoms with Gasteiger partial charge in [0.05, 0.1) is 30.5 Å². The van der Waals surface area contributed by atoms with Gasteiger partial charge in [0.1, 0.15) is 11.8 Å². The van der Waals surface area contributed by atoms with Crippen LogP contribution in [0.25, 0.3) is 11.3 Å². The zero-order chi connectivity index (χ0) is 28.8. The highest BCUT2D eigenvalue weighted by molar-refractivity contribution is 5.66. The normalized spacial score (nSPS) is 20.2. The Balaban J connectivity index is 1.26. The van der Waals surface area contributed by atoms with Crippen LogP contribution in [0.4, 0.5) is 20.4 Å². The van der Waals surface area contributed by atoms with E-state index in [0.717, 1.165) is 31.6 Å². The van der Waals surface area contributed by atoms with Crippen molar-refractivity contribution in [2.24, 2.45) is 0 Å². The zero-order valence-electron chi connectivity index (χ0n) is 22.6. The second-order valence-corrected chi connectivity index (χ2v) is 10.6. The highest BCUT2D eigenvalue weighted by Crippen LogP contribution is 2.33. The monoisotopic (exact) mass is 564 g/mol. The molecule has 11 heteroatoms. The number of halogens is 2. The average molecular weight is 565 g/mol. The van der Waals surface area contributed by atoms with Gasteiger partial charge in [-0.15, -0.1) is 0 Å². The molecule has 2 aromatic carbocycles. The van der Waals surface area contributed by atoms with Gasteiger partial charge in [-0.1, -0.05) is 12.1 Å². The van der Waals surface area contributed by atoms with Crippen molar-refractivity contribution in [1.29, 1.82) is 5.26 Å². The van der Waals surface area contributed by atoms with Gasteiger partial charge in [0.2, 0.25) is 5.95 Å². The van der Waals surface area contributed by atoms with E-state index in [1.807, 2.05) is 12.1 Å². The molecule has 2 saturated heterocycles. The second kappa shape index (κ2) is 12.9. The molecular formula is C30H34F2N6O3. The number of nitrogens with one attached hydrogen (secondary N) is 2. The van der Waals surface area contributed by atoms with E-state index in [4.69, 9.17) is 9.84 Å². The van der Waals surface area contributed by atoms with Gasteiger partial charge in [0, 0.05) is 30.4 Å². The molecule has 3 heterocycles. The number of aromatic nitrogens is 2. The quantitative estimate of drug-likeness (QED) is 0.308. The number of piperidine rings is 2. The molecule has 216 valence electrons. The van der Waals surface area contributed by atoms with Crippen molar-refractivity contribution in [3.8, 4) is 23.1 Å². The van der Waals surface area contributed by atoms with E-state index in [9.17, 15) is 19.1 Å². The lowest BCUT2D eigenvalue weighted by Crippen LogP contribution is -2.52. The third-order valence-corrected chi connectivity index (χ3v) is 7.62. The lowest BCUT2D eigenvalue weighted by Gasteiger charge is -2.33. The molecule has 3 aromatic rings. The summed E-state index contributed by atoms with van der Waals surface area (Å²) in [5.41, 5.74) is 3.44. The summed E-state index contributed by atoms with van der Waals surface area (Å²) in [6, 6.07) is 16.8. The summed E-state index contributed by atoms with van der Waals surface area (Å²) in [6.45, 7) is 1.95. The number of β-amino-alcohol motifs (C(OH)–C–C–N with tert-alkyl or cyclic N) is 1. The Morgan fingerprint density at radius 2 is 2.00 bits per heavy atom. The Morgan fingerprint density at radius 3 is 2.76 bits per heavy atom. The molecule has 2 fully saturated rings. The molecule has 0 amide bonds. The van der Waals surface area contributed by atoms with Crippen LogP contribution in [0.1, 0.15) is 36.3 Å². The number of nitriles is 1. The summed E-state index contributed by atoms with van der Waals surface area (Å²) in [7, 11) is 0. The third-order valence-electron chi connectivity index (χ3n) is 7.62. The highest BCUT2D eigenvalue weighted by Gasteiger charge is 2.43. The van der Waals surface area contributed by atoms with Gasteiger partial charge < -0.3 is 30.5 Å². The number of aliphatic hydroxyl groups excluding tert-OH is 2. The fourth-order valence-electron chi connectivity index (χ4n) is 5.37. The summed E-state index contributed by atoms with van der Waals surface area (Å²) < 4.78 is 34.1. The Bertz CT molecular complexity index is 1380. The number of hydrogen-bond donors (Lipinski definition) is 4. The summed E-state index contributed by atoms with van der Waals surface area (Å²) in [6.07, 6.45) is 1.69. The van der Waals surface area contributed by atoms with Crippen LogP contribution >= 0.6 is 0 Å². The van der Waals surface area contributed by atoms with E-state index in [2.05, 4.69) is 43.7 Å². The van der Waals surface area contributed by atoms with Gasteiger partial charge in [-0.05, 0) is 80.4 Å². The number of ether oxygens (including phenoxy) is 1. The van der Waals surface area contributed by atoms with E-state index < -0.39 is 24.7 Å². The molecular weight excluding hydrogens is 530 g/mol. The lowest BCUT2D eigenvalue weighted by molar-refractivity contribution is -0.109. The molecule has 1 unspecified atom stereocenters. The van der Waals surface area contributed by atoms with Crippen molar-refractivity contribution in [3.63, 3.8) is 0 Å². The molecule has 4 N–H and O–H groups in total. The maximum absolute atomic E-state index is 14.2. The first kappa shape index (κ1) is 28.8. The molecule has 2 aliphatic rings. The molecule has 9 nitrogen and oxygen atoms in total. The summed E-state index contributed by atoms with van der Waals surface area (Å²) >= 11 is 0. The largest absolute Gasteiger partial charge is 0.483 e. The summed E-state index contributed by atoms with van der Waals surface area (Å²) in [4.78, 5) is 11.1. The van der Waals surface area contributed by atoms with Gasteiger partial charge in [-0.2, -0.15) is 5.26 Å². The van der Waals surface area contributed by atoms with E-state index in [1.54, 1.807) is 30.5 Å². The smallest absolute Gasteiger partial charge is 0.296 e. The maximum atomic E-state index is 14.2. The molecule has 0 radical (unpaired) electrons. The van der Waals surface area contributed by atoms with Gasteiger partial charge in [-0.25, -0.2) is 18.7 Å². The second-order valence-electron chi connectivity index (χ2n) is 10.6. The number of anilines is 2. The number of rotatable bonds is 9. The van der Waals surface area contributed by atoms with Crippen LogP contribution < -0.4 is 15.4 Å². The van der Waals surface area contributed by atoms with E-state index in [-0.39, 0.29) is 24.3 Å². The van der Waals surface area contributed by atoms with E-state index in [0.29, 0.717) is 36.2 Å². The van der Waals surface area contributed by atoms with Crippen molar-refractivity contribution in [3.05, 3.63) is 65.9 Å². The van der Waals surface area contributed by atoms with Gasteiger partial charge in [0.25, 0.3) is 5.92 Å². The summed E-state index contributed by atoms with van der Waals surface area (Å²) in [5, 5.41) is 34.5. The number of hydrogen-bond acceptors (Lipinski definition) is 9. The molecule has 5 rings (SSSR count). The van der Waals surface area contributed by atoms with Crippen LogP contribution in [-0.4, -0.2) is 82.5 Å². The number of benzene rings is 2. The Morgan fingerprint density at radius 1 is 1.17 bits per heavy atom. The van der Waals surface area contributed by atoms with Crippen LogP contribution in [0, 0.1) is 11.3 Å². The predicted octanol–water partition coefficient (Wildman–Crippen LogP) is 3.67. The number of likely N-dealkylation sites (tertiary alicyclic amines) is 1. The predicted molar refractivity (Wildman–Crippen MR) is 150 cm³/mol. The highest BCUT2D eigenvalue weighted by atomic mass is 19.3. The topological polar surface area (TPSA) is 127 Å². The molecule has 1 aromatic heterocycles. The number of nitrogens with zero attached hydrogens (tertiary/aromatic N) is 4. The van der Waals surface area contributed by atoms with Crippen LogP contribution in [0.3, 0.4) is 0 Å². The molecule has 0 saturated carbocycles. The maximum Gasteiger partial charge on any atom is 0.296 e. The molecule has 0 spiro atoms. The molecule has 0 bridgehead atoms. The number of aliphatic hydroxyl groups is 2. The Kier molecular flexibility index (Phi) is 9.05. The zero-order valence-corrected chi connectivity index (χ0v) is 22.6. The van der Waals surface area contributed by atoms with Crippen LogP contribution in [0.5, 0.6) is 5.75 Å². The molecule has 2 atom stereocenters. The Labute approximate surface area is 237 Å². The van der Waals surface area contributed by atoms with Crippen LogP contribution in [0.15, 0.2) is 54.7 Å². The minimum Gasteiger partial charge on any atom is -0.483 e. The van der Waals surface area contributed by atoms with Gasteiger partial charge in [-0.3, -0.25) is 0 Å². The van der Waals surface area contributed by atoms with Gasteiger partial charge >= 0.3 is 0 Å².